The molecule has 6 nitrogen and oxygen atoms in total. The number of nitrogens with one attached hydrogen (secondary N) is 1. The third-order valence-corrected chi connectivity index (χ3v) is 3.79. The molecule has 2 aromatic rings. The molecular formula is C17H20N2O4. The number of aromatic nitrogens is 1. The molecule has 1 aliphatic heterocycles. The Labute approximate surface area is 134 Å². The van der Waals surface area contributed by atoms with E-state index in [4.69, 9.17) is 13.9 Å². The van der Waals surface area contributed by atoms with Crippen molar-refractivity contribution in [2.24, 2.45) is 0 Å². The first kappa shape index (κ1) is 15.6. The lowest BCUT2D eigenvalue weighted by Gasteiger charge is -2.09. The number of methoxy groups -OCH3 is 1. The molecule has 0 saturated carbocycles. The van der Waals surface area contributed by atoms with Gasteiger partial charge in [0.15, 0.2) is 0 Å². The Balaban J connectivity index is 1.51. The van der Waals surface area contributed by atoms with Crippen molar-refractivity contribution in [3.05, 3.63) is 36.2 Å². The quantitative estimate of drug-likeness (QED) is 0.884. The van der Waals surface area contributed by atoms with Crippen LogP contribution in [-0.4, -0.2) is 37.3 Å². The van der Waals surface area contributed by atoms with E-state index in [2.05, 4.69) is 10.3 Å². The van der Waals surface area contributed by atoms with Gasteiger partial charge in [-0.2, -0.15) is 0 Å². The van der Waals surface area contributed by atoms with Gasteiger partial charge >= 0.3 is 0 Å². The molecule has 0 aliphatic carbocycles. The van der Waals surface area contributed by atoms with Crippen molar-refractivity contribution >= 4 is 5.91 Å². The lowest BCUT2D eigenvalue weighted by molar-refractivity contribution is -0.129. The zero-order valence-electron chi connectivity index (χ0n) is 13.1. The van der Waals surface area contributed by atoms with Crippen molar-refractivity contribution < 1.29 is 18.7 Å². The number of amides is 1. The second-order valence-corrected chi connectivity index (χ2v) is 5.42. The zero-order chi connectivity index (χ0) is 16.1. The highest BCUT2D eigenvalue weighted by Gasteiger charge is 2.22. The summed E-state index contributed by atoms with van der Waals surface area (Å²) in [6.07, 6.45) is 3.71. The molecule has 1 N–H and O–H groups in total. The topological polar surface area (TPSA) is 73.6 Å². The van der Waals surface area contributed by atoms with E-state index in [1.54, 1.807) is 13.4 Å². The smallest absolute Gasteiger partial charge is 0.249 e. The van der Waals surface area contributed by atoms with E-state index in [-0.39, 0.29) is 12.0 Å². The number of rotatable bonds is 6. The number of carbonyl (C=O) groups excluding carboxylic acids is 1. The molecule has 122 valence electrons. The van der Waals surface area contributed by atoms with E-state index in [0.29, 0.717) is 25.5 Å². The molecule has 1 aromatic heterocycles. The molecule has 2 heterocycles. The van der Waals surface area contributed by atoms with Gasteiger partial charge in [0.05, 0.1) is 12.8 Å². The molecule has 1 aromatic carbocycles. The van der Waals surface area contributed by atoms with Crippen LogP contribution in [0, 0.1) is 0 Å². The average molecular weight is 316 g/mol. The summed E-state index contributed by atoms with van der Waals surface area (Å²) >= 11 is 0. The zero-order valence-corrected chi connectivity index (χ0v) is 13.1. The Hall–Kier alpha value is -2.34. The van der Waals surface area contributed by atoms with Crippen LogP contribution in [-0.2, 0) is 16.0 Å². The van der Waals surface area contributed by atoms with E-state index in [0.717, 1.165) is 29.8 Å². The summed E-state index contributed by atoms with van der Waals surface area (Å²) in [6, 6.07) is 7.52. The molecule has 3 rings (SSSR count). The predicted octanol–water partition coefficient (Wildman–Crippen LogP) is 2.19. The maximum atomic E-state index is 11.8. The lowest BCUT2D eigenvalue weighted by Crippen LogP contribution is -2.35. The number of oxazole rings is 1. The Kier molecular flexibility index (Phi) is 4.92. The first-order valence-electron chi connectivity index (χ1n) is 7.74. The summed E-state index contributed by atoms with van der Waals surface area (Å²) in [5.74, 6) is 1.31. The molecule has 1 atom stereocenters. The minimum absolute atomic E-state index is 0.0404. The van der Waals surface area contributed by atoms with Gasteiger partial charge in [-0.25, -0.2) is 4.98 Å². The Bertz CT molecular complexity index is 645. The fourth-order valence-electron chi connectivity index (χ4n) is 2.50. The Morgan fingerprint density at radius 2 is 2.22 bits per heavy atom. The van der Waals surface area contributed by atoms with E-state index in [9.17, 15) is 4.79 Å². The van der Waals surface area contributed by atoms with Crippen molar-refractivity contribution in [1.29, 1.82) is 0 Å². The highest BCUT2D eigenvalue weighted by atomic mass is 16.5. The third kappa shape index (κ3) is 3.90. The van der Waals surface area contributed by atoms with Crippen LogP contribution in [0.1, 0.15) is 18.5 Å². The second-order valence-electron chi connectivity index (χ2n) is 5.42. The molecule has 1 amide bonds. The summed E-state index contributed by atoms with van der Waals surface area (Å²) in [6.45, 7) is 1.19. The summed E-state index contributed by atoms with van der Waals surface area (Å²) in [5, 5.41) is 2.88. The summed E-state index contributed by atoms with van der Waals surface area (Å²) in [5.41, 5.74) is 1.70. The number of carbonyl (C=O) groups is 1. The van der Waals surface area contributed by atoms with E-state index < -0.39 is 0 Å². The van der Waals surface area contributed by atoms with Crippen molar-refractivity contribution in [2.75, 3.05) is 20.3 Å². The predicted molar refractivity (Wildman–Crippen MR) is 84.2 cm³/mol. The summed E-state index contributed by atoms with van der Waals surface area (Å²) < 4.78 is 16.0. The van der Waals surface area contributed by atoms with Crippen LogP contribution >= 0.6 is 0 Å². The number of nitrogens with zero attached hydrogens (tertiary/aromatic N) is 1. The number of hydrogen-bond acceptors (Lipinski definition) is 5. The van der Waals surface area contributed by atoms with Crippen molar-refractivity contribution in [3.8, 4) is 17.2 Å². The minimum Gasteiger partial charge on any atom is -0.497 e. The SMILES string of the molecule is COc1ccc(-c2nc(CCNC(=O)[C@@H]3CCCO3)co2)cc1. The Morgan fingerprint density at radius 3 is 2.91 bits per heavy atom. The largest absolute Gasteiger partial charge is 0.497 e. The molecule has 23 heavy (non-hydrogen) atoms. The summed E-state index contributed by atoms with van der Waals surface area (Å²) in [4.78, 5) is 16.3. The van der Waals surface area contributed by atoms with Crippen LogP contribution in [0.4, 0.5) is 0 Å². The van der Waals surface area contributed by atoms with E-state index >= 15 is 0 Å². The fourth-order valence-corrected chi connectivity index (χ4v) is 2.50. The molecular weight excluding hydrogens is 296 g/mol. The van der Waals surface area contributed by atoms with Gasteiger partial charge in [-0.3, -0.25) is 4.79 Å². The molecule has 0 bridgehead atoms. The average Bonchev–Trinajstić information content (AvgIpc) is 3.27. The first-order valence-corrected chi connectivity index (χ1v) is 7.74. The van der Waals surface area contributed by atoms with Gasteiger partial charge in [-0.1, -0.05) is 0 Å². The van der Waals surface area contributed by atoms with Crippen LogP contribution in [0.3, 0.4) is 0 Å². The molecule has 1 saturated heterocycles. The van der Waals surface area contributed by atoms with Crippen LogP contribution in [0.15, 0.2) is 34.9 Å². The van der Waals surface area contributed by atoms with Crippen LogP contribution in [0.25, 0.3) is 11.5 Å². The highest BCUT2D eigenvalue weighted by molar-refractivity contribution is 5.80. The number of benzene rings is 1. The van der Waals surface area contributed by atoms with Crippen LogP contribution in [0.2, 0.25) is 0 Å². The summed E-state index contributed by atoms with van der Waals surface area (Å²) in [7, 11) is 1.63. The van der Waals surface area contributed by atoms with Crippen molar-refractivity contribution in [1.82, 2.24) is 10.3 Å². The van der Waals surface area contributed by atoms with Gasteiger partial charge in [0.1, 0.15) is 18.1 Å². The molecule has 1 fully saturated rings. The van der Waals surface area contributed by atoms with Gasteiger partial charge in [-0.15, -0.1) is 0 Å². The van der Waals surface area contributed by atoms with Gasteiger partial charge in [0.25, 0.3) is 0 Å². The second kappa shape index (κ2) is 7.28. The maximum absolute atomic E-state index is 11.8. The van der Waals surface area contributed by atoms with Gasteiger partial charge in [0.2, 0.25) is 11.8 Å². The van der Waals surface area contributed by atoms with Crippen molar-refractivity contribution in [2.45, 2.75) is 25.4 Å². The molecule has 0 radical (unpaired) electrons. The van der Waals surface area contributed by atoms with Gasteiger partial charge in [0, 0.05) is 25.1 Å². The van der Waals surface area contributed by atoms with Crippen LogP contribution < -0.4 is 10.1 Å². The minimum atomic E-state index is -0.290. The number of hydrogen-bond donors (Lipinski definition) is 1. The monoisotopic (exact) mass is 316 g/mol. The Morgan fingerprint density at radius 1 is 1.39 bits per heavy atom. The fraction of sp³-hybridized carbons (Fsp3) is 0.412. The van der Waals surface area contributed by atoms with E-state index in [1.165, 1.54) is 0 Å². The molecule has 0 unspecified atom stereocenters. The van der Waals surface area contributed by atoms with Gasteiger partial charge < -0.3 is 19.2 Å². The maximum Gasteiger partial charge on any atom is 0.249 e. The van der Waals surface area contributed by atoms with Gasteiger partial charge in [-0.05, 0) is 37.1 Å². The highest BCUT2D eigenvalue weighted by Crippen LogP contribution is 2.21. The lowest BCUT2D eigenvalue weighted by atomic mass is 10.2. The standard InChI is InChI=1S/C17H20N2O4/c1-21-14-6-4-12(5-7-14)17-19-13(11-23-17)8-9-18-16(20)15-3-2-10-22-15/h4-7,11,15H,2-3,8-10H2,1H3,(H,18,20)/t15-/m0/s1. The third-order valence-electron chi connectivity index (χ3n) is 3.79. The normalized spacial score (nSPS) is 17.2. The van der Waals surface area contributed by atoms with Crippen LogP contribution in [0.5, 0.6) is 5.75 Å². The van der Waals surface area contributed by atoms with Crippen molar-refractivity contribution in [3.63, 3.8) is 0 Å². The number of ether oxygens (including phenoxy) is 2. The van der Waals surface area contributed by atoms with E-state index in [1.807, 2.05) is 24.3 Å². The first-order chi connectivity index (χ1) is 11.3. The molecule has 0 spiro atoms. The molecule has 1 aliphatic rings. The molecule has 6 heteroatoms.